The third kappa shape index (κ3) is 4.04. The summed E-state index contributed by atoms with van der Waals surface area (Å²) < 4.78 is 5.46. The standard InChI is InChI=1S/C19H26N8O/c20-10-15-16(13-11-22-18(21)23-12-13)25-19(27-6-8-28-9-7-27)26-17(15)24-14-4-2-1-3-5-14/h10-12,14,20H,1-9H2,(H2,21,22,23)(H,24,25,26). The van der Waals surface area contributed by atoms with Crippen LogP contribution in [-0.2, 0) is 4.74 Å². The molecule has 0 bridgehead atoms. The Balaban J connectivity index is 1.76. The molecule has 0 amide bonds. The Hall–Kier alpha value is -2.81. The van der Waals surface area contributed by atoms with Gasteiger partial charge in [0.2, 0.25) is 11.9 Å². The van der Waals surface area contributed by atoms with E-state index in [0.29, 0.717) is 42.3 Å². The van der Waals surface area contributed by atoms with Gasteiger partial charge in [0, 0.05) is 43.3 Å². The van der Waals surface area contributed by atoms with Crippen molar-refractivity contribution >= 4 is 23.9 Å². The van der Waals surface area contributed by atoms with Gasteiger partial charge < -0.3 is 26.1 Å². The zero-order chi connectivity index (χ0) is 19.3. The predicted molar refractivity (Wildman–Crippen MR) is 109 cm³/mol. The van der Waals surface area contributed by atoms with E-state index in [4.69, 9.17) is 25.8 Å². The second-order valence-corrected chi connectivity index (χ2v) is 7.19. The number of nitrogens with zero attached hydrogens (tertiary/aromatic N) is 5. The number of anilines is 3. The monoisotopic (exact) mass is 382 g/mol. The molecule has 1 saturated heterocycles. The lowest BCUT2D eigenvalue weighted by Gasteiger charge is -2.29. The number of nitrogen functional groups attached to an aromatic ring is 1. The van der Waals surface area contributed by atoms with Crippen molar-refractivity contribution in [2.75, 3.05) is 42.3 Å². The molecule has 1 aliphatic heterocycles. The molecule has 2 aromatic rings. The first-order valence-electron chi connectivity index (χ1n) is 9.84. The van der Waals surface area contributed by atoms with Crippen LogP contribution in [0.1, 0.15) is 37.7 Å². The zero-order valence-electron chi connectivity index (χ0n) is 15.9. The van der Waals surface area contributed by atoms with Gasteiger partial charge >= 0.3 is 0 Å². The first kappa shape index (κ1) is 18.5. The van der Waals surface area contributed by atoms with E-state index in [9.17, 15) is 0 Å². The zero-order valence-corrected chi connectivity index (χ0v) is 15.9. The second kappa shape index (κ2) is 8.47. The van der Waals surface area contributed by atoms with Crippen LogP contribution in [0.4, 0.5) is 17.7 Å². The summed E-state index contributed by atoms with van der Waals surface area (Å²) >= 11 is 0. The first-order chi connectivity index (χ1) is 13.7. The summed E-state index contributed by atoms with van der Waals surface area (Å²) in [7, 11) is 0. The molecule has 148 valence electrons. The molecule has 9 heteroatoms. The van der Waals surface area contributed by atoms with E-state index in [1.54, 1.807) is 12.4 Å². The highest BCUT2D eigenvalue weighted by atomic mass is 16.5. The quantitative estimate of drug-likeness (QED) is 0.671. The molecule has 2 fully saturated rings. The fourth-order valence-corrected chi connectivity index (χ4v) is 3.73. The molecule has 9 nitrogen and oxygen atoms in total. The van der Waals surface area contributed by atoms with Crippen LogP contribution in [-0.4, -0.2) is 58.5 Å². The normalized spacial score (nSPS) is 18.1. The predicted octanol–water partition coefficient (Wildman–Crippen LogP) is 2.09. The average Bonchev–Trinajstić information content (AvgIpc) is 2.75. The molecular formula is C19H26N8O. The van der Waals surface area contributed by atoms with Crippen molar-refractivity contribution in [2.24, 2.45) is 0 Å². The topological polar surface area (TPSA) is 126 Å². The lowest BCUT2D eigenvalue weighted by atomic mass is 9.95. The summed E-state index contributed by atoms with van der Waals surface area (Å²) in [5, 5.41) is 11.6. The maximum Gasteiger partial charge on any atom is 0.228 e. The van der Waals surface area contributed by atoms with Gasteiger partial charge in [-0.3, -0.25) is 0 Å². The van der Waals surface area contributed by atoms with Crippen molar-refractivity contribution in [3.05, 3.63) is 18.0 Å². The SMILES string of the molecule is N=Cc1c(NC2CCCCC2)nc(N2CCOCC2)nc1-c1cnc(N)nc1. The molecular weight excluding hydrogens is 356 g/mol. The van der Waals surface area contributed by atoms with E-state index < -0.39 is 0 Å². The molecule has 0 spiro atoms. The number of ether oxygens (including phenoxy) is 1. The van der Waals surface area contributed by atoms with E-state index in [2.05, 4.69) is 20.2 Å². The smallest absolute Gasteiger partial charge is 0.228 e. The van der Waals surface area contributed by atoms with Crippen LogP contribution in [0.2, 0.25) is 0 Å². The Labute approximate surface area is 164 Å². The van der Waals surface area contributed by atoms with Gasteiger partial charge in [0.05, 0.1) is 24.5 Å². The molecule has 28 heavy (non-hydrogen) atoms. The highest BCUT2D eigenvalue weighted by Crippen LogP contribution is 2.30. The van der Waals surface area contributed by atoms with Gasteiger partial charge in [0.25, 0.3) is 0 Å². The van der Waals surface area contributed by atoms with E-state index in [-0.39, 0.29) is 5.95 Å². The summed E-state index contributed by atoms with van der Waals surface area (Å²) in [6.45, 7) is 2.79. The number of hydrogen-bond donors (Lipinski definition) is 3. The fraction of sp³-hybridized carbons (Fsp3) is 0.526. The van der Waals surface area contributed by atoms with Crippen molar-refractivity contribution in [2.45, 2.75) is 38.1 Å². The van der Waals surface area contributed by atoms with E-state index in [1.807, 2.05) is 0 Å². The number of morpholine rings is 1. The molecule has 4 N–H and O–H groups in total. The highest BCUT2D eigenvalue weighted by Gasteiger charge is 2.22. The summed E-state index contributed by atoms with van der Waals surface area (Å²) in [4.78, 5) is 19.9. The van der Waals surface area contributed by atoms with Crippen molar-refractivity contribution < 1.29 is 4.74 Å². The Kier molecular flexibility index (Phi) is 5.61. The van der Waals surface area contributed by atoms with Crippen molar-refractivity contribution in [3.8, 4) is 11.3 Å². The van der Waals surface area contributed by atoms with Gasteiger partial charge in [0.1, 0.15) is 5.82 Å². The third-order valence-corrected chi connectivity index (χ3v) is 5.26. The van der Waals surface area contributed by atoms with Gasteiger partial charge in [-0.2, -0.15) is 4.98 Å². The number of hydrogen-bond acceptors (Lipinski definition) is 9. The van der Waals surface area contributed by atoms with Crippen LogP contribution in [0.5, 0.6) is 0 Å². The molecule has 0 atom stereocenters. The maximum absolute atomic E-state index is 8.01. The van der Waals surface area contributed by atoms with Gasteiger partial charge in [-0.1, -0.05) is 19.3 Å². The van der Waals surface area contributed by atoms with Crippen molar-refractivity contribution in [1.82, 2.24) is 19.9 Å². The molecule has 3 heterocycles. The average molecular weight is 382 g/mol. The number of aromatic nitrogens is 4. The molecule has 1 aliphatic carbocycles. The van der Waals surface area contributed by atoms with Crippen molar-refractivity contribution in [3.63, 3.8) is 0 Å². The number of rotatable bonds is 5. The Morgan fingerprint density at radius 3 is 2.50 bits per heavy atom. The van der Waals surface area contributed by atoms with Crippen LogP contribution in [0, 0.1) is 5.41 Å². The van der Waals surface area contributed by atoms with E-state index >= 15 is 0 Å². The van der Waals surface area contributed by atoms with Crippen LogP contribution < -0.4 is 16.0 Å². The second-order valence-electron chi connectivity index (χ2n) is 7.19. The van der Waals surface area contributed by atoms with Crippen LogP contribution >= 0.6 is 0 Å². The van der Waals surface area contributed by atoms with Gasteiger partial charge in [-0.05, 0) is 12.8 Å². The summed E-state index contributed by atoms with van der Waals surface area (Å²) in [5.74, 6) is 1.55. The lowest BCUT2D eigenvalue weighted by Crippen LogP contribution is -2.37. The fourth-order valence-electron chi connectivity index (χ4n) is 3.73. The molecule has 0 unspecified atom stereocenters. The molecule has 2 aliphatic rings. The highest BCUT2D eigenvalue weighted by molar-refractivity contribution is 5.93. The summed E-state index contributed by atoms with van der Waals surface area (Å²) in [6.07, 6.45) is 10.6. The van der Waals surface area contributed by atoms with E-state index in [1.165, 1.54) is 25.5 Å². The Morgan fingerprint density at radius 1 is 1.11 bits per heavy atom. The molecule has 2 aromatic heterocycles. The Morgan fingerprint density at radius 2 is 1.82 bits per heavy atom. The van der Waals surface area contributed by atoms with Crippen LogP contribution in [0.15, 0.2) is 12.4 Å². The molecule has 0 aromatic carbocycles. The lowest BCUT2D eigenvalue weighted by molar-refractivity contribution is 0.122. The largest absolute Gasteiger partial charge is 0.378 e. The van der Waals surface area contributed by atoms with Crippen LogP contribution in [0.25, 0.3) is 11.3 Å². The number of nitrogens with one attached hydrogen (secondary N) is 2. The molecule has 1 saturated carbocycles. The van der Waals surface area contributed by atoms with Gasteiger partial charge in [-0.25, -0.2) is 15.0 Å². The molecule has 4 rings (SSSR count). The third-order valence-electron chi connectivity index (χ3n) is 5.26. The first-order valence-corrected chi connectivity index (χ1v) is 9.84. The summed E-state index contributed by atoms with van der Waals surface area (Å²) in [5.41, 5.74) is 7.65. The summed E-state index contributed by atoms with van der Waals surface area (Å²) in [6, 6.07) is 0.371. The minimum Gasteiger partial charge on any atom is -0.378 e. The van der Waals surface area contributed by atoms with E-state index in [0.717, 1.165) is 31.5 Å². The van der Waals surface area contributed by atoms with Gasteiger partial charge in [-0.15, -0.1) is 0 Å². The minimum atomic E-state index is 0.211. The maximum atomic E-state index is 8.01. The number of nitrogens with two attached hydrogens (primary N) is 1. The van der Waals surface area contributed by atoms with Crippen LogP contribution in [0.3, 0.4) is 0 Å². The Bertz CT molecular complexity index is 813. The van der Waals surface area contributed by atoms with Gasteiger partial charge in [0.15, 0.2) is 0 Å². The van der Waals surface area contributed by atoms with Crippen molar-refractivity contribution in [1.29, 1.82) is 5.41 Å². The minimum absolute atomic E-state index is 0.211. The molecule has 0 radical (unpaired) electrons.